The van der Waals surface area contributed by atoms with Crippen LogP contribution in [0.15, 0.2) is 0 Å². The van der Waals surface area contributed by atoms with E-state index in [9.17, 15) is 0 Å². The summed E-state index contributed by atoms with van der Waals surface area (Å²) < 4.78 is 12.5. The number of hydrogen-bond donors (Lipinski definition) is 0. The Morgan fingerprint density at radius 3 is 2.37 bits per heavy atom. The highest BCUT2D eigenvalue weighted by atomic mass is 16.8. The second-order valence-corrected chi connectivity index (χ2v) is 8.24. The van der Waals surface area contributed by atoms with Gasteiger partial charge in [-0.25, -0.2) is 0 Å². The molecule has 0 aromatic carbocycles. The molecule has 0 N–H and O–H groups in total. The maximum atomic E-state index is 6.28. The summed E-state index contributed by atoms with van der Waals surface area (Å²) in [6.45, 7) is 13.8. The monoisotopic (exact) mass is 266 g/mol. The van der Waals surface area contributed by atoms with Gasteiger partial charge < -0.3 is 9.47 Å². The van der Waals surface area contributed by atoms with Crippen LogP contribution in [0.3, 0.4) is 0 Å². The Hall–Kier alpha value is -0.0800. The minimum atomic E-state index is -0.399. The van der Waals surface area contributed by atoms with E-state index in [1.807, 2.05) is 0 Å². The summed E-state index contributed by atoms with van der Waals surface area (Å²) in [5.41, 5.74) is 0.714. The Bertz CT molecular complexity index is 373. The minimum Gasteiger partial charge on any atom is -0.345 e. The van der Waals surface area contributed by atoms with E-state index in [2.05, 4.69) is 41.5 Å². The number of hydrogen-bond acceptors (Lipinski definition) is 2. The summed E-state index contributed by atoms with van der Waals surface area (Å²) in [5.74, 6) is 1.22. The molecule has 1 saturated heterocycles. The standard InChI is InChI=1S/C17H30O2/c1-7-17-10-12-14(19-16(5,6)18-12)15(3,4)13(17)9-8-11(17)2/h11-14H,7-10H2,1-6H3/t11-,12-,13+,14-,17-/m1/s1. The lowest BCUT2D eigenvalue weighted by molar-refractivity contribution is -0.158. The summed E-state index contributed by atoms with van der Waals surface area (Å²) in [7, 11) is 0. The second kappa shape index (κ2) is 3.98. The Morgan fingerprint density at radius 1 is 1.05 bits per heavy atom. The van der Waals surface area contributed by atoms with Gasteiger partial charge in [0.1, 0.15) is 0 Å². The molecule has 0 aromatic heterocycles. The van der Waals surface area contributed by atoms with Crippen molar-refractivity contribution in [1.29, 1.82) is 0 Å². The van der Waals surface area contributed by atoms with Crippen LogP contribution < -0.4 is 0 Å². The van der Waals surface area contributed by atoms with Gasteiger partial charge in [-0.2, -0.15) is 0 Å². The Kier molecular flexibility index (Phi) is 2.91. The van der Waals surface area contributed by atoms with Gasteiger partial charge in [0, 0.05) is 0 Å². The van der Waals surface area contributed by atoms with Crippen molar-refractivity contribution in [3.8, 4) is 0 Å². The topological polar surface area (TPSA) is 18.5 Å². The zero-order chi connectivity index (χ0) is 14.1. The molecular formula is C17H30O2. The van der Waals surface area contributed by atoms with E-state index in [0.29, 0.717) is 11.5 Å². The smallest absolute Gasteiger partial charge is 0.163 e. The predicted octanol–water partition coefficient (Wildman–Crippen LogP) is 4.38. The van der Waals surface area contributed by atoms with Crippen LogP contribution in [-0.2, 0) is 9.47 Å². The van der Waals surface area contributed by atoms with E-state index >= 15 is 0 Å². The first-order valence-electron chi connectivity index (χ1n) is 8.08. The normalized spacial score (nSPS) is 50.8. The van der Waals surface area contributed by atoms with Crippen molar-refractivity contribution in [1.82, 2.24) is 0 Å². The number of rotatable bonds is 1. The third-order valence-electron chi connectivity index (χ3n) is 6.62. The molecule has 0 bridgehead atoms. The molecule has 1 aliphatic heterocycles. The third-order valence-corrected chi connectivity index (χ3v) is 6.62. The molecule has 2 nitrogen and oxygen atoms in total. The fourth-order valence-corrected chi connectivity index (χ4v) is 5.72. The van der Waals surface area contributed by atoms with Gasteiger partial charge in [0.05, 0.1) is 12.2 Å². The molecule has 0 amide bonds. The van der Waals surface area contributed by atoms with E-state index in [1.165, 1.54) is 25.7 Å². The zero-order valence-electron chi connectivity index (χ0n) is 13.5. The Morgan fingerprint density at radius 2 is 1.74 bits per heavy atom. The average molecular weight is 266 g/mol. The maximum Gasteiger partial charge on any atom is 0.163 e. The lowest BCUT2D eigenvalue weighted by atomic mass is 9.52. The molecule has 0 unspecified atom stereocenters. The van der Waals surface area contributed by atoms with Crippen molar-refractivity contribution in [3.05, 3.63) is 0 Å². The van der Waals surface area contributed by atoms with Gasteiger partial charge in [-0.05, 0) is 62.2 Å². The first-order chi connectivity index (χ1) is 8.73. The molecule has 1 heterocycles. The van der Waals surface area contributed by atoms with Crippen LogP contribution in [0.2, 0.25) is 0 Å². The van der Waals surface area contributed by atoms with Crippen LogP contribution in [-0.4, -0.2) is 18.0 Å². The van der Waals surface area contributed by atoms with Crippen LogP contribution in [0, 0.1) is 22.7 Å². The van der Waals surface area contributed by atoms with Crippen molar-refractivity contribution in [2.24, 2.45) is 22.7 Å². The third kappa shape index (κ3) is 1.75. The molecule has 2 saturated carbocycles. The van der Waals surface area contributed by atoms with Crippen molar-refractivity contribution in [3.63, 3.8) is 0 Å². The summed E-state index contributed by atoms with van der Waals surface area (Å²) in [4.78, 5) is 0. The highest BCUT2D eigenvalue weighted by molar-refractivity contribution is 5.11. The quantitative estimate of drug-likeness (QED) is 0.701. The number of fused-ring (bicyclic) bond motifs is 2. The summed E-state index contributed by atoms with van der Waals surface area (Å²) in [5, 5.41) is 0. The first kappa shape index (κ1) is 13.9. The molecule has 110 valence electrons. The average Bonchev–Trinajstić information content (AvgIpc) is 2.78. The molecule has 3 aliphatic rings. The molecule has 3 fully saturated rings. The van der Waals surface area contributed by atoms with E-state index in [0.717, 1.165) is 11.8 Å². The largest absolute Gasteiger partial charge is 0.345 e. The van der Waals surface area contributed by atoms with Crippen LogP contribution in [0.25, 0.3) is 0 Å². The Labute approximate surface area is 118 Å². The van der Waals surface area contributed by atoms with Gasteiger partial charge in [-0.1, -0.05) is 27.7 Å². The molecule has 0 spiro atoms. The van der Waals surface area contributed by atoms with E-state index in [1.54, 1.807) is 0 Å². The summed E-state index contributed by atoms with van der Waals surface area (Å²) in [6.07, 6.45) is 5.81. The van der Waals surface area contributed by atoms with Crippen molar-refractivity contribution < 1.29 is 9.47 Å². The van der Waals surface area contributed by atoms with Crippen molar-refractivity contribution in [2.75, 3.05) is 0 Å². The second-order valence-electron chi connectivity index (χ2n) is 8.24. The molecule has 2 heteroatoms. The van der Waals surface area contributed by atoms with Crippen LogP contribution in [0.5, 0.6) is 0 Å². The van der Waals surface area contributed by atoms with E-state index < -0.39 is 5.79 Å². The van der Waals surface area contributed by atoms with Crippen LogP contribution in [0.4, 0.5) is 0 Å². The van der Waals surface area contributed by atoms with E-state index in [-0.39, 0.29) is 11.5 Å². The predicted molar refractivity (Wildman–Crippen MR) is 76.8 cm³/mol. The lowest BCUT2D eigenvalue weighted by Gasteiger charge is -2.54. The molecule has 0 radical (unpaired) electrons. The zero-order valence-corrected chi connectivity index (χ0v) is 13.5. The van der Waals surface area contributed by atoms with Gasteiger partial charge in [-0.3, -0.25) is 0 Å². The Balaban J connectivity index is 2.00. The van der Waals surface area contributed by atoms with Gasteiger partial charge in [0.2, 0.25) is 0 Å². The molecule has 5 atom stereocenters. The minimum absolute atomic E-state index is 0.234. The summed E-state index contributed by atoms with van der Waals surface area (Å²) in [6, 6.07) is 0. The highest BCUT2D eigenvalue weighted by Crippen LogP contribution is 2.65. The number of ether oxygens (including phenoxy) is 2. The SMILES string of the molecule is CC[C@]12C[C@H]3OC(C)(C)O[C@H]3C(C)(C)[C@@H]1CC[C@H]2C. The van der Waals surface area contributed by atoms with Crippen molar-refractivity contribution >= 4 is 0 Å². The van der Waals surface area contributed by atoms with Gasteiger partial charge in [0.25, 0.3) is 0 Å². The summed E-state index contributed by atoms with van der Waals surface area (Å²) >= 11 is 0. The van der Waals surface area contributed by atoms with Crippen molar-refractivity contribution in [2.45, 2.75) is 85.2 Å². The maximum absolute atomic E-state index is 6.28. The molecular weight excluding hydrogens is 236 g/mol. The fraction of sp³-hybridized carbons (Fsp3) is 1.00. The van der Waals surface area contributed by atoms with Crippen LogP contribution in [0.1, 0.15) is 67.2 Å². The van der Waals surface area contributed by atoms with Gasteiger partial charge >= 0.3 is 0 Å². The first-order valence-corrected chi connectivity index (χ1v) is 8.08. The molecule has 3 rings (SSSR count). The van der Waals surface area contributed by atoms with Crippen LogP contribution >= 0.6 is 0 Å². The molecule has 19 heavy (non-hydrogen) atoms. The van der Waals surface area contributed by atoms with Gasteiger partial charge in [0.15, 0.2) is 5.79 Å². The fourth-order valence-electron chi connectivity index (χ4n) is 5.72. The molecule has 2 aliphatic carbocycles. The lowest BCUT2D eigenvalue weighted by Crippen LogP contribution is -2.55. The highest BCUT2D eigenvalue weighted by Gasteiger charge is 2.64. The van der Waals surface area contributed by atoms with E-state index in [4.69, 9.17) is 9.47 Å². The molecule has 0 aromatic rings. The van der Waals surface area contributed by atoms with Gasteiger partial charge in [-0.15, -0.1) is 0 Å².